The average molecular weight is 194 g/mol. The summed E-state index contributed by atoms with van der Waals surface area (Å²) < 4.78 is 5.29. The number of nitrogens with two attached hydrogens (primary N) is 1. The Labute approximate surface area is 82.7 Å². The van der Waals surface area contributed by atoms with Gasteiger partial charge in [-0.15, -0.1) is 0 Å². The monoisotopic (exact) mass is 194 g/mol. The van der Waals surface area contributed by atoms with Crippen LogP contribution in [0.15, 0.2) is 12.3 Å². The molecule has 5 nitrogen and oxygen atoms in total. The molecule has 5 heteroatoms. The molecule has 1 unspecified atom stereocenters. The summed E-state index contributed by atoms with van der Waals surface area (Å²) in [5, 5.41) is 0. The second kappa shape index (κ2) is 4.34. The molecular formula is C9H14N4O. The van der Waals surface area contributed by atoms with E-state index < -0.39 is 0 Å². The number of rotatable bonds is 3. The van der Waals surface area contributed by atoms with Gasteiger partial charge >= 0.3 is 0 Å². The Balaban J connectivity index is 2.00. The minimum absolute atomic E-state index is 0.558. The second-order valence-electron chi connectivity index (χ2n) is 3.44. The topological polar surface area (TPSA) is 73.1 Å². The summed E-state index contributed by atoms with van der Waals surface area (Å²) in [5.74, 6) is 7.31. The summed E-state index contributed by atoms with van der Waals surface area (Å²) in [6.07, 6.45) is 3.69. The van der Waals surface area contributed by atoms with E-state index in [0.717, 1.165) is 31.9 Å². The molecule has 1 aromatic rings. The molecule has 2 rings (SSSR count). The van der Waals surface area contributed by atoms with Crippen molar-refractivity contribution < 1.29 is 4.74 Å². The van der Waals surface area contributed by atoms with Gasteiger partial charge in [-0.05, 0) is 12.3 Å². The number of hydrazine groups is 1. The predicted octanol–water partition coefficient (Wildman–Crippen LogP) is 0.341. The maximum absolute atomic E-state index is 5.29. The Kier molecular flexibility index (Phi) is 2.90. The third kappa shape index (κ3) is 2.18. The molecule has 2 heterocycles. The molecule has 0 amide bonds. The van der Waals surface area contributed by atoms with Crippen LogP contribution in [0.3, 0.4) is 0 Å². The molecule has 76 valence electrons. The first-order chi connectivity index (χ1) is 6.88. The second-order valence-corrected chi connectivity index (χ2v) is 3.44. The van der Waals surface area contributed by atoms with Crippen LogP contribution in [0.4, 0.5) is 5.82 Å². The molecule has 0 saturated carbocycles. The van der Waals surface area contributed by atoms with Gasteiger partial charge in [-0.25, -0.2) is 15.8 Å². The molecule has 1 aliphatic heterocycles. The molecule has 3 N–H and O–H groups in total. The number of aromatic nitrogens is 2. The van der Waals surface area contributed by atoms with Crippen LogP contribution < -0.4 is 11.3 Å². The first-order valence-corrected chi connectivity index (χ1v) is 4.75. The van der Waals surface area contributed by atoms with Crippen LogP contribution in [0, 0.1) is 5.92 Å². The lowest BCUT2D eigenvalue weighted by molar-refractivity contribution is 0.185. The van der Waals surface area contributed by atoms with E-state index in [1.54, 1.807) is 12.3 Å². The van der Waals surface area contributed by atoms with Gasteiger partial charge in [-0.1, -0.05) is 0 Å². The van der Waals surface area contributed by atoms with Crippen molar-refractivity contribution in [3.63, 3.8) is 0 Å². The third-order valence-corrected chi connectivity index (χ3v) is 2.35. The molecule has 1 fully saturated rings. The number of nitrogen functional groups attached to an aromatic ring is 1. The fourth-order valence-corrected chi connectivity index (χ4v) is 1.58. The number of anilines is 1. The van der Waals surface area contributed by atoms with Crippen LogP contribution in [0.1, 0.15) is 12.2 Å². The Bertz CT molecular complexity index is 299. The van der Waals surface area contributed by atoms with Gasteiger partial charge in [0.25, 0.3) is 0 Å². The largest absolute Gasteiger partial charge is 0.381 e. The smallest absolute Gasteiger partial charge is 0.143 e. The SMILES string of the molecule is NNc1ccnc(CC2CCOC2)n1. The van der Waals surface area contributed by atoms with Crippen molar-refractivity contribution in [2.45, 2.75) is 12.8 Å². The van der Waals surface area contributed by atoms with Crippen molar-refractivity contribution in [3.05, 3.63) is 18.1 Å². The lowest BCUT2D eigenvalue weighted by Crippen LogP contribution is -2.12. The van der Waals surface area contributed by atoms with E-state index >= 15 is 0 Å². The minimum Gasteiger partial charge on any atom is -0.381 e. The molecular weight excluding hydrogens is 180 g/mol. The molecule has 0 bridgehead atoms. The molecule has 1 atom stereocenters. The minimum atomic E-state index is 0.558. The summed E-state index contributed by atoms with van der Waals surface area (Å²) in [6.45, 7) is 1.68. The third-order valence-electron chi connectivity index (χ3n) is 2.35. The Morgan fingerprint density at radius 3 is 3.29 bits per heavy atom. The van der Waals surface area contributed by atoms with Crippen molar-refractivity contribution in [3.8, 4) is 0 Å². The van der Waals surface area contributed by atoms with Crippen LogP contribution in [0.25, 0.3) is 0 Å². The maximum atomic E-state index is 5.29. The van der Waals surface area contributed by atoms with Gasteiger partial charge in [0, 0.05) is 31.9 Å². The van der Waals surface area contributed by atoms with Gasteiger partial charge in [0.2, 0.25) is 0 Å². The van der Waals surface area contributed by atoms with Gasteiger partial charge in [-0.3, -0.25) is 0 Å². The summed E-state index contributed by atoms with van der Waals surface area (Å²) in [7, 11) is 0. The highest BCUT2D eigenvalue weighted by molar-refractivity contribution is 5.30. The lowest BCUT2D eigenvalue weighted by Gasteiger charge is -2.06. The Morgan fingerprint density at radius 2 is 2.57 bits per heavy atom. The Hall–Kier alpha value is -1.20. The van der Waals surface area contributed by atoms with Crippen LogP contribution in [-0.2, 0) is 11.2 Å². The zero-order chi connectivity index (χ0) is 9.80. The van der Waals surface area contributed by atoms with E-state index in [4.69, 9.17) is 10.6 Å². The summed E-state index contributed by atoms with van der Waals surface area (Å²) >= 11 is 0. The zero-order valence-corrected chi connectivity index (χ0v) is 7.94. The highest BCUT2D eigenvalue weighted by atomic mass is 16.5. The van der Waals surface area contributed by atoms with Crippen LogP contribution in [0.5, 0.6) is 0 Å². The number of hydrogen-bond donors (Lipinski definition) is 2. The first kappa shape index (κ1) is 9.36. The fourth-order valence-electron chi connectivity index (χ4n) is 1.58. The summed E-state index contributed by atoms with van der Waals surface area (Å²) in [6, 6.07) is 1.74. The lowest BCUT2D eigenvalue weighted by atomic mass is 10.1. The van der Waals surface area contributed by atoms with E-state index in [0.29, 0.717) is 11.7 Å². The van der Waals surface area contributed by atoms with Crippen molar-refractivity contribution in [1.29, 1.82) is 0 Å². The number of hydrogen-bond acceptors (Lipinski definition) is 5. The molecule has 1 aromatic heterocycles. The fraction of sp³-hybridized carbons (Fsp3) is 0.556. The highest BCUT2D eigenvalue weighted by Crippen LogP contribution is 2.16. The zero-order valence-electron chi connectivity index (χ0n) is 7.94. The molecule has 0 spiro atoms. The molecule has 1 saturated heterocycles. The quantitative estimate of drug-likeness (QED) is 0.536. The van der Waals surface area contributed by atoms with Crippen LogP contribution in [0.2, 0.25) is 0 Å². The molecule has 0 aromatic carbocycles. The number of nitrogens with zero attached hydrogens (tertiary/aromatic N) is 2. The molecule has 0 radical (unpaired) electrons. The standard InChI is InChI=1S/C9H14N4O/c10-13-8-1-3-11-9(12-8)5-7-2-4-14-6-7/h1,3,7H,2,4-6,10H2,(H,11,12,13). The molecule has 0 aliphatic carbocycles. The van der Waals surface area contributed by atoms with E-state index in [-0.39, 0.29) is 0 Å². The van der Waals surface area contributed by atoms with Crippen molar-refractivity contribution in [1.82, 2.24) is 9.97 Å². The normalized spacial score (nSPS) is 21.1. The van der Waals surface area contributed by atoms with Gasteiger partial charge in [-0.2, -0.15) is 0 Å². The van der Waals surface area contributed by atoms with E-state index in [9.17, 15) is 0 Å². The predicted molar refractivity (Wildman–Crippen MR) is 52.5 cm³/mol. The first-order valence-electron chi connectivity index (χ1n) is 4.75. The number of ether oxygens (including phenoxy) is 1. The molecule has 1 aliphatic rings. The summed E-state index contributed by atoms with van der Waals surface area (Å²) in [5.41, 5.74) is 2.51. The maximum Gasteiger partial charge on any atom is 0.143 e. The summed E-state index contributed by atoms with van der Waals surface area (Å²) in [4.78, 5) is 8.44. The van der Waals surface area contributed by atoms with E-state index in [1.165, 1.54) is 0 Å². The van der Waals surface area contributed by atoms with E-state index in [1.807, 2.05) is 0 Å². The van der Waals surface area contributed by atoms with Crippen molar-refractivity contribution in [2.24, 2.45) is 11.8 Å². The van der Waals surface area contributed by atoms with Crippen molar-refractivity contribution >= 4 is 5.82 Å². The Morgan fingerprint density at radius 1 is 1.64 bits per heavy atom. The molecule has 14 heavy (non-hydrogen) atoms. The number of nitrogens with one attached hydrogen (secondary N) is 1. The van der Waals surface area contributed by atoms with Gasteiger partial charge < -0.3 is 10.2 Å². The average Bonchev–Trinajstić information content (AvgIpc) is 2.71. The highest BCUT2D eigenvalue weighted by Gasteiger charge is 2.17. The van der Waals surface area contributed by atoms with Crippen molar-refractivity contribution in [2.75, 3.05) is 18.6 Å². The van der Waals surface area contributed by atoms with Gasteiger partial charge in [0.15, 0.2) is 0 Å². The van der Waals surface area contributed by atoms with Crippen LogP contribution in [-0.4, -0.2) is 23.2 Å². The van der Waals surface area contributed by atoms with Gasteiger partial charge in [0.05, 0.1) is 0 Å². The van der Waals surface area contributed by atoms with Crippen LogP contribution >= 0.6 is 0 Å². The van der Waals surface area contributed by atoms with Gasteiger partial charge in [0.1, 0.15) is 11.6 Å². The van der Waals surface area contributed by atoms with E-state index in [2.05, 4.69) is 15.4 Å².